The lowest BCUT2D eigenvalue weighted by Gasteiger charge is -2.20. The molecule has 0 radical (unpaired) electrons. The van der Waals surface area contributed by atoms with Gasteiger partial charge in [0.05, 0.1) is 4.90 Å². The van der Waals surface area contributed by atoms with Crippen LogP contribution in [0.2, 0.25) is 0 Å². The molecule has 1 saturated heterocycles. The van der Waals surface area contributed by atoms with Crippen LogP contribution in [0.1, 0.15) is 40.6 Å². The number of sulfonamides is 1. The molecule has 1 fully saturated rings. The first-order chi connectivity index (χ1) is 14.9. The summed E-state index contributed by atoms with van der Waals surface area (Å²) in [7, 11) is -1.76. The monoisotopic (exact) mass is 442 g/mol. The highest BCUT2D eigenvalue weighted by Gasteiger charge is 2.27. The van der Waals surface area contributed by atoms with Crippen molar-refractivity contribution in [3.63, 3.8) is 0 Å². The molecule has 31 heavy (non-hydrogen) atoms. The first kappa shape index (κ1) is 21.2. The van der Waals surface area contributed by atoms with Gasteiger partial charge in [0, 0.05) is 38.1 Å². The molecule has 1 amide bonds. The highest BCUT2D eigenvalue weighted by molar-refractivity contribution is 7.89. The molecule has 7 nitrogen and oxygen atoms in total. The predicted molar refractivity (Wildman–Crippen MR) is 113 cm³/mol. The Labute approximate surface area is 180 Å². The number of imidazole rings is 1. The molecular weight excluding hydrogens is 419 g/mol. The number of carbonyl (C=O) groups excluding carboxylic acids is 1. The Bertz CT molecular complexity index is 1190. The van der Waals surface area contributed by atoms with Gasteiger partial charge in [-0.2, -0.15) is 4.31 Å². The van der Waals surface area contributed by atoms with E-state index in [9.17, 15) is 17.6 Å². The van der Waals surface area contributed by atoms with Crippen molar-refractivity contribution in [2.75, 3.05) is 13.1 Å². The third kappa shape index (κ3) is 4.38. The lowest BCUT2D eigenvalue weighted by atomic mass is 10.0. The van der Waals surface area contributed by atoms with Gasteiger partial charge in [0.2, 0.25) is 10.0 Å². The lowest BCUT2D eigenvalue weighted by Crippen LogP contribution is -2.31. The molecule has 1 aromatic heterocycles. The second-order valence-electron chi connectivity index (χ2n) is 7.49. The second kappa shape index (κ2) is 8.60. The fourth-order valence-electron chi connectivity index (χ4n) is 3.71. The van der Waals surface area contributed by atoms with Gasteiger partial charge in [0.25, 0.3) is 5.91 Å². The Morgan fingerprint density at radius 3 is 2.45 bits per heavy atom. The molecular formula is C22H23FN4O3S. The van der Waals surface area contributed by atoms with E-state index in [4.69, 9.17) is 0 Å². The van der Waals surface area contributed by atoms with Crippen molar-refractivity contribution in [3.05, 3.63) is 83.7 Å². The van der Waals surface area contributed by atoms with Crippen LogP contribution in [0.25, 0.3) is 0 Å². The number of carbonyl (C=O) groups is 1. The van der Waals surface area contributed by atoms with Crippen LogP contribution in [0, 0.1) is 5.82 Å². The quantitative estimate of drug-likeness (QED) is 0.636. The number of hydrogen-bond acceptors (Lipinski definition) is 4. The van der Waals surface area contributed by atoms with E-state index in [1.54, 1.807) is 36.1 Å². The molecule has 1 atom stereocenters. The zero-order valence-electron chi connectivity index (χ0n) is 17.0. The molecule has 0 bridgehead atoms. The van der Waals surface area contributed by atoms with Crippen LogP contribution in [-0.4, -0.2) is 41.3 Å². The third-order valence-electron chi connectivity index (χ3n) is 5.39. The third-order valence-corrected chi connectivity index (χ3v) is 7.31. The number of nitrogens with zero attached hydrogens (tertiary/aromatic N) is 3. The van der Waals surface area contributed by atoms with E-state index in [2.05, 4.69) is 10.3 Å². The van der Waals surface area contributed by atoms with Crippen molar-refractivity contribution in [1.29, 1.82) is 0 Å². The summed E-state index contributed by atoms with van der Waals surface area (Å²) in [6, 6.07) is 11.2. The van der Waals surface area contributed by atoms with Crippen LogP contribution in [-0.2, 0) is 17.1 Å². The van der Waals surface area contributed by atoms with Crippen molar-refractivity contribution in [2.24, 2.45) is 7.05 Å². The van der Waals surface area contributed by atoms with Gasteiger partial charge in [-0.1, -0.05) is 12.1 Å². The summed E-state index contributed by atoms with van der Waals surface area (Å²) in [4.78, 5) is 17.4. The molecule has 2 heterocycles. The van der Waals surface area contributed by atoms with Gasteiger partial charge in [-0.3, -0.25) is 4.79 Å². The first-order valence-corrected chi connectivity index (χ1v) is 11.4. The normalized spacial score (nSPS) is 15.7. The molecule has 3 aromatic rings. The average Bonchev–Trinajstić information content (AvgIpc) is 3.44. The van der Waals surface area contributed by atoms with Gasteiger partial charge in [0.15, 0.2) is 0 Å². The van der Waals surface area contributed by atoms with Crippen molar-refractivity contribution in [2.45, 2.75) is 23.8 Å². The number of benzene rings is 2. The zero-order chi connectivity index (χ0) is 22.0. The molecule has 1 aliphatic heterocycles. The summed E-state index contributed by atoms with van der Waals surface area (Å²) >= 11 is 0. The van der Waals surface area contributed by atoms with Gasteiger partial charge in [-0.05, 0) is 54.8 Å². The Morgan fingerprint density at radius 2 is 1.84 bits per heavy atom. The standard InChI is InChI=1S/C22H23FN4O3S/c1-26-14-11-24-21(26)20(17-5-4-6-18(23)15-17)25-22(28)16-7-9-19(10-8-16)31(29,30)27-12-2-3-13-27/h4-11,14-15,20H,2-3,12-13H2,1H3,(H,25,28). The first-order valence-electron chi connectivity index (χ1n) is 10.00. The fraction of sp³-hybridized carbons (Fsp3) is 0.273. The smallest absolute Gasteiger partial charge is 0.252 e. The van der Waals surface area contributed by atoms with E-state index in [0.717, 1.165) is 12.8 Å². The number of nitrogens with one attached hydrogen (secondary N) is 1. The zero-order valence-corrected chi connectivity index (χ0v) is 17.8. The van der Waals surface area contributed by atoms with E-state index in [-0.39, 0.29) is 4.90 Å². The maximum Gasteiger partial charge on any atom is 0.252 e. The fourth-order valence-corrected chi connectivity index (χ4v) is 5.23. The molecule has 0 spiro atoms. The minimum Gasteiger partial charge on any atom is -0.338 e. The van der Waals surface area contributed by atoms with E-state index >= 15 is 0 Å². The molecule has 9 heteroatoms. The van der Waals surface area contributed by atoms with Crippen molar-refractivity contribution < 1.29 is 17.6 Å². The number of hydrogen-bond donors (Lipinski definition) is 1. The maximum absolute atomic E-state index is 13.8. The van der Waals surface area contributed by atoms with Gasteiger partial charge >= 0.3 is 0 Å². The Balaban J connectivity index is 1.58. The number of rotatable bonds is 6. The van der Waals surface area contributed by atoms with Crippen LogP contribution in [0.3, 0.4) is 0 Å². The largest absolute Gasteiger partial charge is 0.338 e. The summed E-state index contributed by atoms with van der Waals surface area (Å²) in [5.41, 5.74) is 0.854. The summed E-state index contributed by atoms with van der Waals surface area (Å²) in [6.07, 6.45) is 5.06. The molecule has 1 unspecified atom stereocenters. The van der Waals surface area contributed by atoms with Crippen molar-refractivity contribution in [3.8, 4) is 0 Å². The molecule has 0 aliphatic carbocycles. The number of aryl methyl sites for hydroxylation is 1. The Kier molecular flexibility index (Phi) is 5.88. The Morgan fingerprint density at radius 1 is 1.13 bits per heavy atom. The summed E-state index contributed by atoms with van der Waals surface area (Å²) in [5.74, 6) is -0.281. The summed E-state index contributed by atoms with van der Waals surface area (Å²) in [5, 5.41) is 2.88. The number of halogens is 1. The SMILES string of the molecule is Cn1ccnc1C(NC(=O)c1ccc(S(=O)(=O)N2CCCC2)cc1)c1cccc(F)c1. The van der Waals surface area contributed by atoms with E-state index < -0.39 is 27.8 Å². The molecule has 0 saturated carbocycles. The minimum atomic E-state index is -3.55. The highest BCUT2D eigenvalue weighted by atomic mass is 32.2. The van der Waals surface area contributed by atoms with Crippen molar-refractivity contribution >= 4 is 15.9 Å². The van der Waals surface area contributed by atoms with Crippen LogP contribution >= 0.6 is 0 Å². The van der Waals surface area contributed by atoms with E-state index in [1.165, 1.54) is 40.7 Å². The average molecular weight is 443 g/mol. The van der Waals surface area contributed by atoms with Crippen LogP contribution in [0.4, 0.5) is 4.39 Å². The van der Waals surface area contributed by atoms with Crippen LogP contribution in [0.5, 0.6) is 0 Å². The van der Waals surface area contributed by atoms with Gasteiger partial charge in [-0.25, -0.2) is 17.8 Å². The van der Waals surface area contributed by atoms with Gasteiger partial charge in [0.1, 0.15) is 17.7 Å². The van der Waals surface area contributed by atoms with Gasteiger partial charge < -0.3 is 9.88 Å². The molecule has 1 N–H and O–H groups in total. The van der Waals surface area contributed by atoms with Crippen molar-refractivity contribution in [1.82, 2.24) is 19.2 Å². The maximum atomic E-state index is 13.8. The number of aromatic nitrogens is 2. The predicted octanol–water partition coefficient (Wildman–Crippen LogP) is 2.86. The summed E-state index contributed by atoms with van der Waals surface area (Å²) in [6.45, 7) is 1.03. The van der Waals surface area contributed by atoms with Crippen LogP contribution in [0.15, 0.2) is 65.8 Å². The number of amides is 1. The second-order valence-corrected chi connectivity index (χ2v) is 9.43. The highest BCUT2D eigenvalue weighted by Crippen LogP contribution is 2.23. The van der Waals surface area contributed by atoms with E-state index in [1.807, 2.05) is 0 Å². The molecule has 162 valence electrons. The molecule has 2 aromatic carbocycles. The molecule has 1 aliphatic rings. The topological polar surface area (TPSA) is 84.3 Å². The Hall–Kier alpha value is -3.04. The van der Waals surface area contributed by atoms with E-state index in [0.29, 0.717) is 30.0 Å². The molecule has 4 rings (SSSR count). The lowest BCUT2D eigenvalue weighted by molar-refractivity contribution is 0.0941. The summed E-state index contributed by atoms with van der Waals surface area (Å²) < 4.78 is 42.4. The van der Waals surface area contributed by atoms with Crippen LogP contribution < -0.4 is 5.32 Å². The van der Waals surface area contributed by atoms with Gasteiger partial charge in [-0.15, -0.1) is 0 Å². The minimum absolute atomic E-state index is 0.164.